The van der Waals surface area contributed by atoms with Gasteiger partial charge >= 0.3 is 0 Å². The van der Waals surface area contributed by atoms with E-state index in [0.29, 0.717) is 5.02 Å². The topological polar surface area (TPSA) is 58.6 Å². The Kier molecular flexibility index (Phi) is 7.25. The van der Waals surface area contributed by atoms with Crippen molar-refractivity contribution in [1.82, 2.24) is 10.2 Å². The van der Waals surface area contributed by atoms with Gasteiger partial charge in [-0.25, -0.2) is 0 Å². The highest BCUT2D eigenvalue weighted by molar-refractivity contribution is 6.30. The highest BCUT2D eigenvalue weighted by atomic mass is 35.5. The third-order valence-corrected chi connectivity index (χ3v) is 4.81. The second-order valence-corrected chi connectivity index (χ2v) is 6.90. The summed E-state index contributed by atoms with van der Waals surface area (Å²) in [7, 11) is 3.35. The van der Waals surface area contributed by atoms with Gasteiger partial charge in [-0.15, -0.1) is 0 Å². The fraction of sp³-hybridized carbons (Fsp3) is 0.333. The molecule has 2 unspecified atom stereocenters. The Balaban J connectivity index is 2.15. The van der Waals surface area contributed by atoms with E-state index in [1.807, 2.05) is 49.4 Å². The van der Waals surface area contributed by atoms with Gasteiger partial charge in [0, 0.05) is 19.0 Å². The molecule has 2 atom stereocenters. The lowest BCUT2D eigenvalue weighted by molar-refractivity contribution is -0.132. The minimum atomic E-state index is -0.407. The van der Waals surface area contributed by atoms with Crippen LogP contribution < -0.4 is 10.1 Å². The molecule has 144 valence electrons. The zero-order valence-corrected chi connectivity index (χ0v) is 16.8. The molecule has 0 radical (unpaired) electrons. The van der Waals surface area contributed by atoms with Crippen LogP contribution in [0, 0.1) is 0 Å². The summed E-state index contributed by atoms with van der Waals surface area (Å²) in [6.45, 7) is 3.39. The van der Waals surface area contributed by atoms with Crippen molar-refractivity contribution in [2.24, 2.45) is 0 Å². The average Bonchev–Trinajstić information content (AvgIpc) is 2.66. The van der Waals surface area contributed by atoms with Gasteiger partial charge < -0.3 is 15.0 Å². The van der Waals surface area contributed by atoms with Crippen LogP contribution in [0.2, 0.25) is 5.02 Å². The first-order chi connectivity index (χ1) is 12.8. The van der Waals surface area contributed by atoms with E-state index in [9.17, 15) is 9.59 Å². The highest BCUT2D eigenvalue weighted by Crippen LogP contribution is 2.25. The standard InChI is InChI=1S/C21H25ClN2O3/c1-14(17-6-5-7-18(22)12-17)24(3)21(26)13-20(23-15(2)25)16-8-10-19(27-4)11-9-16/h5-12,14,20H,13H2,1-4H3,(H,23,25). The molecule has 0 spiro atoms. The van der Waals surface area contributed by atoms with Crippen molar-refractivity contribution in [1.29, 1.82) is 0 Å². The number of carbonyl (C=O) groups is 2. The minimum absolute atomic E-state index is 0.0722. The van der Waals surface area contributed by atoms with Crippen LogP contribution in [0.3, 0.4) is 0 Å². The molecule has 2 aromatic rings. The predicted octanol–water partition coefficient (Wildman–Crippen LogP) is 4.14. The number of hydrogen-bond donors (Lipinski definition) is 1. The van der Waals surface area contributed by atoms with Gasteiger partial charge in [-0.3, -0.25) is 9.59 Å². The van der Waals surface area contributed by atoms with Crippen LogP contribution in [0.25, 0.3) is 0 Å². The lowest BCUT2D eigenvalue weighted by Crippen LogP contribution is -2.35. The van der Waals surface area contributed by atoms with Crippen molar-refractivity contribution in [2.75, 3.05) is 14.2 Å². The number of benzene rings is 2. The van der Waals surface area contributed by atoms with Crippen LogP contribution in [0.15, 0.2) is 48.5 Å². The molecule has 6 heteroatoms. The first-order valence-electron chi connectivity index (χ1n) is 8.74. The number of ether oxygens (including phenoxy) is 1. The van der Waals surface area contributed by atoms with Crippen molar-refractivity contribution in [3.63, 3.8) is 0 Å². The molecular weight excluding hydrogens is 364 g/mol. The van der Waals surface area contributed by atoms with E-state index in [1.54, 1.807) is 25.1 Å². The molecule has 0 saturated carbocycles. The molecular formula is C21H25ClN2O3. The Morgan fingerprint density at radius 2 is 1.81 bits per heavy atom. The van der Waals surface area contributed by atoms with Crippen molar-refractivity contribution >= 4 is 23.4 Å². The number of rotatable bonds is 7. The molecule has 0 heterocycles. The van der Waals surface area contributed by atoms with Gasteiger partial charge in [-0.1, -0.05) is 35.9 Å². The van der Waals surface area contributed by atoms with Crippen LogP contribution in [0.5, 0.6) is 5.75 Å². The van der Waals surface area contributed by atoms with Gasteiger partial charge in [0.15, 0.2) is 0 Å². The summed E-state index contributed by atoms with van der Waals surface area (Å²) in [5, 5.41) is 3.49. The van der Waals surface area contributed by atoms with Gasteiger partial charge in [0.25, 0.3) is 0 Å². The Hall–Kier alpha value is -2.53. The molecule has 0 bridgehead atoms. The predicted molar refractivity (Wildman–Crippen MR) is 107 cm³/mol. The van der Waals surface area contributed by atoms with Gasteiger partial charge in [0.2, 0.25) is 11.8 Å². The average molecular weight is 389 g/mol. The summed E-state index contributed by atoms with van der Waals surface area (Å²) >= 11 is 6.06. The first kappa shape index (κ1) is 20.8. The molecule has 2 amide bonds. The maximum absolute atomic E-state index is 12.8. The zero-order valence-electron chi connectivity index (χ0n) is 16.0. The van der Waals surface area contributed by atoms with E-state index >= 15 is 0 Å². The number of carbonyl (C=O) groups excluding carboxylic acids is 2. The Bertz CT molecular complexity index is 792. The molecule has 0 saturated heterocycles. The van der Waals surface area contributed by atoms with Crippen LogP contribution in [0.1, 0.15) is 43.5 Å². The SMILES string of the molecule is COc1ccc(C(CC(=O)N(C)C(C)c2cccc(Cl)c2)NC(C)=O)cc1. The van der Waals surface area contributed by atoms with Crippen molar-refractivity contribution in [3.8, 4) is 5.75 Å². The van der Waals surface area contributed by atoms with E-state index in [0.717, 1.165) is 16.9 Å². The molecule has 2 aromatic carbocycles. The first-order valence-corrected chi connectivity index (χ1v) is 9.11. The molecule has 2 rings (SSSR count). The molecule has 27 heavy (non-hydrogen) atoms. The number of amides is 2. The smallest absolute Gasteiger partial charge is 0.225 e. The molecule has 0 fully saturated rings. The normalized spacial score (nSPS) is 12.8. The number of nitrogens with zero attached hydrogens (tertiary/aromatic N) is 1. The van der Waals surface area contributed by atoms with Gasteiger partial charge in [-0.05, 0) is 42.3 Å². The lowest BCUT2D eigenvalue weighted by atomic mass is 10.0. The van der Waals surface area contributed by atoms with Crippen LogP contribution >= 0.6 is 11.6 Å². The molecule has 0 aliphatic carbocycles. The number of hydrogen-bond acceptors (Lipinski definition) is 3. The summed E-state index contributed by atoms with van der Waals surface area (Å²) < 4.78 is 5.17. The fourth-order valence-corrected chi connectivity index (χ4v) is 3.06. The van der Waals surface area contributed by atoms with E-state index < -0.39 is 6.04 Å². The summed E-state index contributed by atoms with van der Waals surface area (Å²) in [6.07, 6.45) is 0.160. The lowest BCUT2D eigenvalue weighted by Gasteiger charge is -2.28. The third kappa shape index (κ3) is 5.73. The second-order valence-electron chi connectivity index (χ2n) is 6.47. The second kappa shape index (κ2) is 9.42. The molecule has 0 aliphatic heterocycles. The summed E-state index contributed by atoms with van der Waals surface area (Å²) in [5.41, 5.74) is 1.81. The zero-order chi connectivity index (χ0) is 20.0. The van der Waals surface area contributed by atoms with E-state index in [2.05, 4.69) is 5.32 Å². The molecule has 5 nitrogen and oxygen atoms in total. The summed E-state index contributed by atoms with van der Waals surface area (Å²) in [6, 6.07) is 14.2. The monoisotopic (exact) mass is 388 g/mol. The van der Waals surface area contributed by atoms with Crippen LogP contribution in [0.4, 0.5) is 0 Å². The Morgan fingerprint density at radius 3 is 2.37 bits per heavy atom. The van der Waals surface area contributed by atoms with Crippen molar-refractivity contribution < 1.29 is 14.3 Å². The highest BCUT2D eigenvalue weighted by Gasteiger charge is 2.23. The van der Waals surface area contributed by atoms with Gasteiger partial charge in [-0.2, -0.15) is 0 Å². The largest absolute Gasteiger partial charge is 0.497 e. The maximum Gasteiger partial charge on any atom is 0.225 e. The fourth-order valence-electron chi connectivity index (χ4n) is 2.86. The minimum Gasteiger partial charge on any atom is -0.497 e. The van der Waals surface area contributed by atoms with E-state index in [1.165, 1.54) is 6.92 Å². The summed E-state index contributed by atoms with van der Waals surface area (Å²) in [4.78, 5) is 26.1. The van der Waals surface area contributed by atoms with Crippen molar-refractivity contribution in [3.05, 3.63) is 64.7 Å². The number of halogens is 1. The van der Waals surface area contributed by atoms with E-state index in [-0.39, 0.29) is 24.3 Å². The van der Waals surface area contributed by atoms with E-state index in [4.69, 9.17) is 16.3 Å². The summed E-state index contributed by atoms with van der Waals surface area (Å²) in [5.74, 6) is 0.463. The van der Waals surface area contributed by atoms with Gasteiger partial charge in [0.05, 0.1) is 25.6 Å². The number of methoxy groups -OCH3 is 1. The molecule has 1 N–H and O–H groups in total. The van der Waals surface area contributed by atoms with Gasteiger partial charge in [0.1, 0.15) is 5.75 Å². The van der Waals surface area contributed by atoms with Crippen molar-refractivity contribution in [2.45, 2.75) is 32.4 Å². The maximum atomic E-state index is 12.8. The molecule has 0 aliphatic rings. The molecule has 0 aromatic heterocycles. The third-order valence-electron chi connectivity index (χ3n) is 4.58. The quantitative estimate of drug-likeness (QED) is 0.775. The van der Waals surface area contributed by atoms with Crippen LogP contribution in [-0.2, 0) is 9.59 Å². The number of nitrogens with one attached hydrogen (secondary N) is 1. The Labute approximate surface area is 165 Å². The Morgan fingerprint density at radius 1 is 1.15 bits per heavy atom. The van der Waals surface area contributed by atoms with Crippen LogP contribution in [-0.4, -0.2) is 30.9 Å².